The van der Waals surface area contributed by atoms with E-state index in [0.717, 1.165) is 18.5 Å². The summed E-state index contributed by atoms with van der Waals surface area (Å²) < 4.78 is 5.32. The van der Waals surface area contributed by atoms with Crippen LogP contribution in [0.4, 0.5) is 5.69 Å². The highest BCUT2D eigenvalue weighted by Gasteiger charge is 2.15. The Labute approximate surface area is 114 Å². The van der Waals surface area contributed by atoms with E-state index in [4.69, 9.17) is 4.52 Å². The molecule has 20 heavy (non-hydrogen) atoms. The molecule has 0 bridgehead atoms. The van der Waals surface area contributed by atoms with Crippen LogP contribution >= 0.6 is 0 Å². The van der Waals surface area contributed by atoms with Crippen molar-refractivity contribution >= 4 is 5.69 Å². The van der Waals surface area contributed by atoms with E-state index >= 15 is 0 Å². The van der Waals surface area contributed by atoms with Gasteiger partial charge in [0.25, 0.3) is 5.89 Å². The van der Waals surface area contributed by atoms with Crippen LogP contribution in [0.5, 0.6) is 0 Å². The van der Waals surface area contributed by atoms with Crippen LogP contribution in [-0.2, 0) is 6.42 Å². The molecule has 1 aliphatic heterocycles. The fraction of sp³-hybridized carbons (Fsp3) is 0.143. The third-order valence-electron chi connectivity index (χ3n) is 3.28. The smallest absolute Gasteiger partial charge is 0.258 e. The molecule has 0 unspecified atom stereocenters. The van der Waals surface area contributed by atoms with E-state index < -0.39 is 0 Å². The third-order valence-corrected chi connectivity index (χ3v) is 3.28. The van der Waals surface area contributed by atoms with Gasteiger partial charge >= 0.3 is 0 Å². The first kappa shape index (κ1) is 11.1. The number of anilines is 1. The summed E-state index contributed by atoms with van der Waals surface area (Å²) in [5.41, 5.74) is 3.99. The number of rotatable bonds is 2. The molecule has 98 valence electrons. The third kappa shape index (κ3) is 1.82. The van der Waals surface area contributed by atoms with Crippen LogP contribution in [0.1, 0.15) is 5.56 Å². The van der Waals surface area contributed by atoms with Gasteiger partial charge in [-0.1, -0.05) is 5.16 Å². The first-order valence-corrected chi connectivity index (χ1v) is 6.37. The largest absolute Gasteiger partial charge is 0.384 e. The molecule has 0 atom stereocenters. The maximum Gasteiger partial charge on any atom is 0.258 e. The van der Waals surface area contributed by atoms with Crippen LogP contribution in [0.2, 0.25) is 0 Å². The molecule has 0 saturated heterocycles. The van der Waals surface area contributed by atoms with Crippen LogP contribution in [0.25, 0.3) is 23.0 Å². The fourth-order valence-electron chi connectivity index (χ4n) is 2.30. The summed E-state index contributed by atoms with van der Waals surface area (Å²) in [6.45, 7) is 0.980. The molecule has 6 heteroatoms. The molecule has 0 amide bonds. The summed E-state index contributed by atoms with van der Waals surface area (Å²) in [6, 6.07) is 6.11. The molecule has 1 N–H and O–H groups in total. The monoisotopic (exact) mass is 265 g/mol. The molecule has 0 saturated carbocycles. The Hall–Kier alpha value is -2.76. The van der Waals surface area contributed by atoms with Gasteiger partial charge < -0.3 is 9.84 Å². The molecule has 1 aromatic carbocycles. The lowest BCUT2D eigenvalue weighted by atomic mass is 10.1. The van der Waals surface area contributed by atoms with Gasteiger partial charge in [0, 0.05) is 30.2 Å². The van der Waals surface area contributed by atoms with Crippen molar-refractivity contribution in [3.8, 4) is 23.0 Å². The van der Waals surface area contributed by atoms with Crippen LogP contribution in [-0.4, -0.2) is 26.7 Å². The number of nitrogens with one attached hydrogen (secondary N) is 1. The topological polar surface area (TPSA) is 76.7 Å². The van der Waals surface area contributed by atoms with Crippen molar-refractivity contribution in [2.45, 2.75) is 6.42 Å². The van der Waals surface area contributed by atoms with Crippen molar-refractivity contribution in [2.24, 2.45) is 0 Å². The Morgan fingerprint density at radius 2 is 2.20 bits per heavy atom. The molecule has 0 aliphatic carbocycles. The number of hydrogen-bond acceptors (Lipinski definition) is 6. The Bertz CT molecular complexity index is 753. The highest BCUT2D eigenvalue weighted by molar-refractivity contribution is 5.65. The zero-order valence-corrected chi connectivity index (χ0v) is 10.6. The molecular formula is C14H11N5O. The number of aromatic nitrogens is 4. The Morgan fingerprint density at radius 3 is 3.10 bits per heavy atom. The Morgan fingerprint density at radius 1 is 1.20 bits per heavy atom. The number of nitrogens with zero attached hydrogens (tertiary/aromatic N) is 4. The van der Waals surface area contributed by atoms with Gasteiger partial charge in [-0.05, 0) is 30.2 Å². The lowest BCUT2D eigenvalue weighted by Crippen LogP contribution is -1.90. The molecule has 0 radical (unpaired) electrons. The van der Waals surface area contributed by atoms with Crippen LogP contribution in [0.15, 0.2) is 41.3 Å². The minimum absolute atomic E-state index is 0.451. The second-order valence-electron chi connectivity index (χ2n) is 4.56. The predicted molar refractivity (Wildman–Crippen MR) is 73.0 cm³/mol. The maximum absolute atomic E-state index is 5.32. The van der Waals surface area contributed by atoms with E-state index in [9.17, 15) is 0 Å². The Balaban J connectivity index is 1.72. The number of hydrogen-bond donors (Lipinski definition) is 1. The van der Waals surface area contributed by atoms with Crippen molar-refractivity contribution in [3.63, 3.8) is 0 Å². The molecule has 3 aromatic rings. The van der Waals surface area contributed by atoms with E-state index in [1.165, 1.54) is 11.3 Å². The normalized spacial score (nSPS) is 13.0. The van der Waals surface area contributed by atoms with E-state index in [0.29, 0.717) is 17.4 Å². The zero-order chi connectivity index (χ0) is 13.4. The first-order valence-electron chi connectivity index (χ1n) is 6.37. The van der Waals surface area contributed by atoms with Crippen molar-refractivity contribution in [3.05, 3.63) is 42.4 Å². The fourth-order valence-corrected chi connectivity index (χ4v) is 2.30. The molecule has 6 nitrogen and oxygen atoms in total. The molecule has 0 fully saturated rings. The van der Waals surface area contributed by atoms with Gasteiger partial charge in [0.15, 0.2) is 0 Å². The van der Waals surface area contributed by atoms with Crippen LogP contribution < -0.4 is 5.32 Å². The summed E-state index contributed by atoms with van der Waals surface area (Å²) >= 11 is 0. The quantitative estimate of drug-likeness (QED) is 0.765. The molecular weight excluding hydrogens is 254 g/mol. The van der Waals surface area contributed by atoms with E-state index in [-0.39, 0.29) is 0 Å². The van der Waals surface area contributed by atoms with Gasteiger partial charge in [0.2, 0.25) is 5.82 Å². The summed E-state index contributed by atoms with van der Waals surface area (Å²) in [7, 11) is 0. The van der Waals surface area contributed by atoms with Gasteiger partial charge in [0.1, 0.15) is 5.69 Å². The average Bonchev–Trinajstić information content (AvgIpc) is 3.16. The second kappa shape index (κ2) is 4.41. The van der Waals surface area contributed by atoms with Gasteiger partial charge in [-0.3, -0.25) is 4.98 Å². The van der Waals surface area contributed by atoms with Crippen molar-refractivity contribution < 1.29 is 4.52 Å². The van der Waals surface area contributed by atoms with Crippen molar-refractivity contribution in [1.29, 1.82) is 0 Å². The molecule has 0 spiro atoms. The highest BCUT2D eigenvalue weighted by atomic mass is 16.5. The van der Waals surface area contributed by atoms with Crippen molar-refractivity contribution in [1.82, 2.24) is 20.1 Å². The minimum Gasteiger partial charge on any atom is -0.384 e. The SMILES string of the molecule is c1cnc(-c2noc(-c3ccc4c(c3)CCN4)n2)cn1. The van der Waals surface area contributed by atoms with Crippen LogP contribution in [0, 0.1) is 0 Å². The molecule has 4 rings (SSSR count). The summed E-state index contributed by atoms with van der Waals surface area (Å²) in [5.74, 6) is 0.951. The lowest BCUT2D eigenvalue weighted by molar-refractivity contribution is 0.432. The highest BCUT2D eigenvalue weighted by Crippen LogP contribution is 2.28. The van der Waals surface area contributed by atoms with Gasteiger partial charge in [0.05, 0.1) is 6.20 Å². The van der Waals surface area contributed by atoms with E-state index in [1.807, 2.05) is 12.1 Å². The average molecular weight is 265 g/mol. The van der Waals surface area contributed by atoms with E-state index in [2.05, 4.69) is 31.5 Å². The molecule has 1 aliphatic rings. The van der Waals surface area contributed by atoms with Crippen LogP contribution in [0.3, 0.4) is 0 Å². The summed E-state index contributed by atoms with van der Waals surface area (Å²) in [6.07, 6.45) is 5.85. The first-order chi connectivity index (χ1) is 9.90. The minimum atomic E-state index is 0.451. The van der Waals surface area contributed by atoms with E-state index in [1.54, 1.807) is 18.6 Å². The van der Waals surface area contributed by atoms with Gasteiger partial charge in [-0.15, -0.1) is 0 Å². The van der Waals surface area contributed by atoms with Gasteiger partial charge in [-0.2, -0.15) is 4.98 Å². The standard InChI is InChI=1S/C14H11N5O/c1-2-11-9(3-4-16-11)7-10(1)14-18-13(19-20-14)12-8-15-5-6-17-12/h1-2,5-8,16H,3-4H2. The Kier molecular flexibility index (Phi) is 2.45. The number of benzene rings is 1. The summed E-state index contributed by atoms with van der Waals surface area (Å²) in [4.78, 5) is 12.5. The zero-order valence-electron chi connectivity index (χ0n) is 10.6. The lowest BCUT2D eigenvalue weighted by Gasteiger charge is -2.00. The maximum atomic E-state index is 5.32. The number of fused-ring (bicyclic) bond motifs is 1. The van der Waals surface area contributed by atoms with Gasteiger partial charge in [-0.25, -0.2) is 4.98 Å². The summed E-state index contributed by atoms with van der Waals surface area (Å²) in [5, 5.41) is 7.28. The molecule has 3 heterocycles. The molecule has 2 aromatic heterocycles. The second-order valence-corrected chi connectivity index (χ2v) is 4.56. The predicted octanol–water partition coefficient (Wildman–Crippen LogP) is 2.16. The van der Waals surface area contributed by atoms with Crippen molar-refractivity contribution in [2.75, 3.05) is 11.9 Å².